The van der Waals surface area contributed by atoms with Crippen LogP contribution in [0.25, 0.3) is 0 Å². The van der Waals surface area contributed by atoms with E-state index in [9.17, 15) is 9.90 Å². The number of halogens is 4. The first-order valence-electron chi connectivity index (χ1n) is 8.52. The van der Waals surface area contributed by atoms with Gasteiger partial charge in [-0.3, -0.25) is 4.79 Å². The average Bonchev–Trinajstić information content (AvgIpc) is 2.70. The summed E-state index contributed by atoms with van der Waals surface area (Å²) in [7, 11) is 0. The Kier molecular flexibility index (Phi) is 7.93. The van der Waals surface area contributed by atoms with Crippen molar-refractivity contribution in [3.63, 3.8) is 0 Å². The summed E-state index contributed by atoms with van der Waals surface area (Å²) in [5, 5.41) is 14.4. The van der Waals surface area contributed by atoms with Crippen molar-refractivity contribution in [3.8, 4) is 11.5 Å². The second kappa shape index (κ2) is 10.4. The number of phenols is 1. The van der Waals surface area contributed by atoms with Gasteiger partial charge in [-0.25, -0.2) is 5.43 Å². The third-order valence-electron chi connectivity index (χ3n) is 3.93. The maximum absolute atomic E-state index is 12.2. The molecule has 154 valence electrons. The zero-order valence-corrected chi connectivity index (χ0v) is 20.7. The fourth-order valence-corrected chi connectivity index (χ4v) is 4.48. The minimum atomic E-state index is -0.525. The smallest absolute Gasteiger partial charge is 0.275 e. The number of ether oxygens (including phenoxy) is 1. The molecule has 0 atom stereocenters. The fraction of sp³-hybridized carbons (Fsp3) is 0.0476. The number of carbonyl (C=O) groups excluding carboxylic acids is 1. The SMILES string of the molecule is O=C(N/N=C/c1cc(Br)c(OCc2ccccc2Cl)c(Br)c1)c1cc(Br)ccc1O. The van der Waals surface area contributed by atoms with Gasteiger partial charge in [-0.2, -0.15) is 5.10 Å². The Hall–Kier alpha value is -1.87. The van der Waals surface area contributed by atoms with Crippen molar-refractivity contribution < 1.29 is 14.6 Å². The molecule has 0 saturated heterocycles. The maximum Gasteiger partial charge on any atom is 0.275 e. The first kappa shape index (κ1) is 22.8. The molecule has 0 unspecified atom stereocenters. The maximum atomic E-state index is 12.2. The molecule has 0 aliphatic heterocycles. The molecule has 0 fully saturated rings. The monoisotopic (exact) mass is 614 g/mol. The number of nitrogens with zero attached hydrogens (tertiary/aromatic N) is 1. The second-order valence-electron chi connectivity index (χ2n) is 6.05. The number of hydrogen-bond acceptors (Lipinski definition) is 4. The zero-order chi connectivity index (χ0) is 21.7. The van der Waals surface area contributed by atoms with Gasteiger partial charge in [-0.1, -0.05) is 45.7 Å². The lowest BCUT2D eigenvalue weighted by atomic mass is 10.2. The molecule has 0 aromatic heterocycles. The Morgan fingerprint density at radius 2 is 1.80 bits per heavy atom. The van der Waals surface area contributed by atoms with E-state index in [-0.39, 0.29) is 11.3 Å². The van der Waals surface area contributed by atoms with Crippen molar-refractivity contribution in [2.24, 2.45) is 5.10 Å². The highest BCUT2D eigenvalue weighted by atomic mass is 79.9. The highest BCUT2D eigenvalue weighted by molar-refractivity contribution is 9.11. The lowest BCUT2D eigenvalue weighted by Crippen LogP contribution is -2.17. The number of nitrogens with one attached hydrogen (secondary N) is 1. The molecule has 3 rings (SSSR count). The predicted octanol–water partition coefficient (Wildman–Crippen LogP) is 6.68. The van der Waals surface area contributed by atoms with Gasteiger partial charge >= 0.3 is 0 Å². The Labute approximate surface area is 203 Å². The Morgan fingerprint density at radius 3 is 2.50 bits per heavy atom. The highest BCUT2D eigenvalue weighted by Crippen LogP contribution is 2.35. The van der Waals surface area contributed by atoms with E-state index in [4.69, 9.17) is 16.3 Å². The van der Waals surface area contributed by atoms with E-state index in [1.54, 1.807) is 18.2 Å². The molecule has 0 radical (unpaired) electrons. The van der Waals surface area contributed by atoms with Crippen LogP contribution in [0.15, 0.2) is 73.1 Å². The molecule has 9 heteroatoms. The number of aromatic hydroxyl groups is 1. The minimum absolute atomic E-state index is 0.118. The summed E-state index contributed by atoms with van der Waals surface area (Å²) in [4.78, 5) is 12.2. The second-order valence-corrected chi connectivity index (χ2v) is 9.09. The van der Waals surface area contributed by atoms with Crippen LogP contribution in [-0.2, 0) is 6.61 Å². The fourth-order valence-electron chi connectivity index (χ4n) is 2.47. The molecule has 0 saturated carbocycles. The van der Waals surface area contributed by atoms with E-state index in [1.807, 2.05) is 24.3 Å². The molecule has 30 heavy (non-hydrogen) atoms. The van der Waals surface area contributed by atoms with Crippen molar-refractivity contribution in [2.45, 2.75) is 6.61 Å². The van der Waals surface area contributed by atoms with Gasteiger partial charge in [0.05, 0.1) is 20.7 Å². The van der Waals surface area contributed by atoms with Crippen molar-refractivity contribution in [3.05, 3.63) is 89.7 Å². The zero-order valence-electron chi connectivity index (χ0n) is 15.2. The summed E-state index contributed by atoms with van der Waals surface area (Å²) in [6.07, 6.45) is 1.49. The minimum Gasteiger partial charge on any atom is -0.507 e. The van der Waals surface area contributed by atoms with Crippen LogP contribution in [0.2, 0.25) is 5.02 Å². The molecular formula is C21H14Br3ClN2O3. The Balaban J connectivity index is 1.68. The predicted molar refractivity (Wildman–Crippen MR) is 128 cm³/mol. The summed E-state index contributed by atoms with van der Waals surface area (Å²) in [6, 6.07) is 15.7. The molecular weight excluding hydrogens is 603 g/mol. The third kappa shape index (κ3) is 5.85. The average molecular weight is 618 g/mol. The van der Waals surface area contributed by atoms with Crippen LogP contribution in [0.4, 0.5) is 0 Å². The number of benzene rings is 3. The standard InChI is InChI=1S/C21H14Br3ClN2O3/c22-14-5-6-19(28)15(9-14)21(29)27-26-10-12-7-16(23)20(17(24)8-12)30-11-13-3-1-2-4-18(13)25/h1-10,28H,11H2,(H,27,29)/b26-10+. The van der Waals surface area contributed by atoms with Gasteiger partial charge in [0.25, 0.3) is 5.91 Å². The van der Waals surface area contributed by atoms with Gasteiger partial charge in [0, 0.05) is 15.1 Å². The Morgan fingerprint density at radius 1 is 1.10 bits per heavy atom. The van der Waals surface area contributed by atoms with E-state index >= 15 is 0 Å². The van der Waals surface area contributed by atoms with Crippen LogP contribution >= 0.6 is 59.4 Å². The van der Waals surface area contributed by atoms with Crippen LogP contribution < -0.4 is 10.2 Å². The van der Waals surface area contributed by atoms with E-state index in [1.165, 1.54) is 18.3 Å². The largest absolute Gasteiger partial charge is 0.507 e. The van der Waals surface area contributed by atoms with Gasteiger partial charge in [-0.05, 0) is 73.8 Å². The third-order valence-corrected chi connectivity index (χ3v) is 5.97. The summed E-state index contributed by atoms with van der Waals surface area (Å²) in [6.45, 7) is 0.316. The molecule has 0 bridgehead atoms. The number of hydrazone groups is 1. The van der Waals surface area contributed by atoms with Crippen LogP contribution in [0.3, 0.4) is 0 Å². The van der Waals surface area contributed by atoms with Crippen molar-refractivity contribution in [1.29, 1.82) is 0 Å². The van der Waals surface area contributed by atoms with Crippen LogP contribution in [0.1, 0.15) is 21.5 Å². The van der Waals surface area contributed by atoms with E-state index in [2.05, 4.69) is 58.3 Å². The molecule has 3 aromatic rings. The topological polar surface area (TPSA) is 70.9 Å². The molecule has 1 amide bonds. The molecule has 2 N–H and O–H groups in total. The van der Waals surface area contributed by atoms with Crippen LogP contribution in [0, 0.1) is 0 Å². The lowest BCUT2D eigenvalue weighted by molar-refractivity contribution is 0.0952. The quantitative estimate of drug-likeness (QED) is 0.240. The summed E-state index contributed by atoms with van der Waals surface area (Å²) >= 11 is 16.4. The van der Waals surface area contributed by atoms with Gasteiger partial charge in [0.2, 0.25) is 0 Å². The molecule has 3 aromatic carbocycles. The molecule has 0 heterocycles. The van der Waals surface area contributed by atoms with E-state index < -0.39 is 5.91 Å². The van der Waals surface area contributed by atoms with Gasteiger partial charge in [0.1, 0.15) is 18.1 Å². The number of phenolic OH excluding ortho intramolecular Hbond substituents is 1. The number of rotatable bonds is 6. The molecule has 0 aliphatic carbocycles. The Bertz CT molecular complexity index is 1100. The number of hydrogen-bond donors (Lipinski definition) is 2. The van der Waals surface area contributed by atoms with Gasteiger partial charge < -0.3 is 9.84 Å². The van der Waals surface area contributed by atoms with Crippen molar-refractivity contribution >= 4 is 71.5 Å². The van der Waals surface area contributed by atoms with Crippen molar-refractivity contribution in [1.82, 2.24) is 5.43 Å². The van der Waals surface area contributed by atoms with Crippen LogP contribution in [0.5, 0.6) is 11.5 Å². The lowest BCUT2D eigenvalue weighted by Gasteiger charge is -2.12. The molecule has 0 spiro atoms. The van der Waals surface area contributed by atoms with E-state index in [0.29, 0.717) is 30.8 Å². The number of carbonyl (C=O) groups is 1. The summed E-state index contributed by atoms with van der Waals surface area (Å²) in [5.74, 6) is -0.0329. The summed E-state index contributed by atoms with van der Waals surface area (Å²) < 4.78 is 7.98. The normalized spacial score (nSPS) is 10.9. The molecule has 0 aliphatic rings. The first-order chi connectivity index (χ1) is 14.3. The number of amides is 1. The van der Waals surface area contributed by atoms with Gasteiger partial charge in [-0.15, -0.1) is 0 Å². The van der Waals surface area contributed by atoms with Crippen molar-refractivity contribution in [2.75, 3.05) is 0 Å². The first-order valence-corrected chi connectivity index (χ1v) is 11.3. The summed E-state index contributed by atoms with van der Waals surface area (Å²) in [5.41, 5.74) is 4.11. The van der Waals surface area contributed by atoms with Crippen LogP contribution in [-0.4, -0.2) is 17.2 Å². The molecule has 5 nitrogen and oxygen atoms in total. The van der Waals surface area contributed by atoms with Gasteiger partial charge in [0.15, 0.2) is 0 Å². The van der Waals surface area contributed by atoms with E-state index in [0.717, 1.165) is 11.1 Å². The highest BCUT2D eigenvalue weighted by Gasteiger charge is 2.12.